The number of rotatable bonds is 7. The Morgan fingerprint density at radius 2 is 1.00 bits per heavy atom. The highest BCUT2D eigenvalue weighted by atomic mass is 16.5. The average molecular weight is 537 g/mol. The Bertz CT molecular complexity index is 1510. The molecule has 0 atom stereocenters. The van der Waals surface area contributed by atoms with Crippen molar-refractivity contribution in [3.63, 3.8) is 0 Å². The summed E-state index contributed by atoms with van der Waals surface area (Å²) in [5.41, 5.74) is 8.80. The van der Waals surface area contributed by atoms with Gasteiger partial charge in [0.2, 0.25) is 0 Å². The van der Waals surface area contributed by atoms with Gasteiger partial charge in [-0.25, -0.2) is 9.59 Å². The zero-order valence-electron chi connectivity index (χ0n) is 24.5. The first-order valence-corrected chi connectivity index (χ1v) is 13.3. The van der Waals surface area contributed by atoms with Gasteiger partial charge in [0.1, 0.15) is 17.2 Å². The van der Waals surface area contributed by atoms with Gasteiger partial charge in [-0.2, -0.15) is 0 Å². The van der Waals surface area contributed by atoms with Crippen LogP contribution < -0.4 is 9.47 Å². The first-order chi connectivity index (χ1) is 18.9. The van der Waals surface area contributed by atoms with Crippen LogP contribution in [0.2, 0.25) is 0 Å². The Morgan fingerprint density at radius 1 is 0.600 bits per heavy atom. The van der Waals surface area contributed by atoms with Gasteiger partial charge in [0.05, 0.1) is 18.2 Å². The highest BCUT2D eigenvalue weighted by molar-refractivity contribution is 5.91. The van der Waals surface area contributed by atoms with Gasteiger partial charge in [-0.05, 0) is 122 Å². The molecule has 0 unspecified atom stereocenters. The Hall–Kier alpha value is -4.38. The molecular weight excluding hydrogens is 500 g/mol. The Kier molecular flexibility index (Phi) is 8.15. The van der Waals surface area contributed by atoms with Crippen LogP contribution in [0.5, 0.6) is 17.2 Å². The summed E-state index contributed by atoms with van der Waals surface area (Å²) in [5.74, 6) is 0.856. The number of hydrogen-bond acceptors (Lipinski definition) is 5. The average Bonchev–Trinajstić information content (AvgIpc) is 2.93. The first-order valence-electron chi connectivity index (χ1n) is 13.3. The van der Waals surface area contributed by atoms with E-state index in [1.54, 1.807) is 48.5 Å². The van der Waals surface area contributed by atoms with Crippen molar-refractivity contribution in [3.05, 3.63) is 123 Å². The molecule has 0 heterocycles. The lowest BCUT2D eigenvalue weighted by atomic mass is 9.75. The zero-order chi connectivity index (χ0) is 29.2. The number of benzene rings is 4. The van der Waals surface area contributed by atoms with E-state index < -0.39 is 11.9 Å². The molecule has 0 amide bonds. The highest BCUT2D eigenvalue weighted by Gasteiger charge is 2.26. The molecule has 0 saturated carbocycles. The molecule has 5 nitrogen and oxygen atoms in total. The minimum Gasteiger partial charge on any atom is -0.465 e. The molecule has 0 N–H and O–H groups in total. The SMILES string of the molecule is COC(=O)c1ccc(Oc2ccc(C(=O)Oc3c(C)cc(C(C)(C)c4cc(C)c(C)c(C)c4)cc3C)cc2)cc1. The molecule has 0 fully saturated rings. The highest BCUT2D eigenvalue weighted by Crippen LogP contribution is 2.37. The molecule has 0 spiro atoms. The lowest BCUT2D eigenvalue weighted by Crippen LogP contribution is -2.20. The van der Waals surface area contributed by atoms with E-state index in [0.717, 1.165) is 11.1 Å². The van der Waals surface area contributed by atoms with Crippen LogP contribution in [-0.2, 0) is 10.2 Å². The Balaban J connectivity index is 1.49. The van der Waals surface area contributed by atoms with Crippen LogP contribution in [-0.4, -0.2) is 19.0 Å². The normalized spacial score (nSPS) is 11.2. The lowest BCUT2D eigenvalue weighted by molar-refractivity contribution is 0.0600. The second-order valence-corrected chi connectivity index (χ2v) is 10.8. The van der Waals surface area contributed by atoms with E-state index >= 15 is 0 Å². The predicted molar refractivity (Wildman–Crippen MR) is 158 cm³/mol. The van der Waals surface area contributed by atoms with Gasteiger partial charge in [0, 0.05) is 5.41 Å². The predicted octanol–water partition coefficient (Wildman–Crippen LogP) is 8.35. The third kappa shape index (κ3) is 5.94. The first kappa shape index (κ1) is 28.6. The smallest absolute Gasteiger partial charge is 0.343 e. The van der Waals surface area contributed by atoms with Crippen molar-refractivity contribution in [2.45, 2.75) is 53.9 Å². The van der Waals surface area contributed by atoms with Crippen LogP contribution in [0.25, 0.3) is 0 Å². The summed E-state index contributed by atoms with van der Waals surface area (Å²) in [6.07, 6.45) is 0. The van der Waals surface area contributed by atoms with E-state index in [1.165, 1.54) is 34.9 Å². The molecule has 5 heteroatoms. The maximum atomic E-state index is 13.0. The maximum absolute atomic E-state index is 13.0. The summed E-state index contributed by atoms with van der Waals surface area (Å²) in [6, 6.07) is 22.2. The van der Waals surface area contributed by atoms with Crippen LogP contribution in [0.15, 0.2) is 72.8 Å². The molecule has 0 aliphatic carbocycles. The standard InChI is InChI=1S/C35H36O5/c1-21-17-28(18-22(2)25(21)5)35(6,7)29-19-23(3)32(24(4)20-29)40-34(37)27-11-15-31(16-12-27)39-30-13-9-26(10-14-30)33(36)38-8/h9-20H,1-8H3. The topological polar surface area (TPSA) is 61.8 Å². The third-order valence-corrected chi connectivity index (χ3v) is 7.63. The zero-order valence-corrected chi connectivity index (χ0v) is 24.5. The molecule has 206 valence electrons. The fraction of sp³-hybridized carbons (Fsp3) is 0.257. The number of aryl methyl sites for hydroxylation is 4. The number of ether oxygens (including phenoxy) is 3. The van der Waals surface area contributed by atoms with Crippen LogP contribution in [0.4, 0.5) is 0 Å². The summed E-state index contributed by atoms with van der Waals surface area (Å²) in [5, 5.41) is 0. The molecule has 0 radical (unpaired) electrons. The number of esters is 2. The Labute approximate surface area is 236 Å². The van der Waals surface area contributed by atoms with Crippen LogP contribution in [0.3, 0.4) is 0 Å². The van der Waals surface area contributed by atoms with Crippen molar-refractivity contribution >= 4 is 11.9 Å². The minimum absolute atomic E-state index is 0.212. The Morgan fingerprint density at radius 3 is 1.43 bits per heavy atom. The van der Waals surface area contributed by atoms with Crippen molar-refractivity contribution in [2.75, 3.05) is 7.11 Å². The summed E-state index contributed by atoms with van der Waals surface area (Å²) in [4.78, 5) is 24.6. The lowest BCUT2D eigenvalue weighted by Gasteiger charge is -2.29. The van der Waals surface area contributed by atoms with E-state index in [4.69, 9.17) is 14.2 Å². The third-order valence-electron chi connectivity index (χ3n) is 7.63. The van der Waals surface area contributed by atoms with Crippen molar-refractivity contribution in [3.8, 4) is 17.2 Å². The fourth-order valence-electron chi connectivity index (χ4n) is 4.76. The van der Waals surface area contributed by atoms with E-state index in [1.807, 2.05) is 13.8 Å². The number of methoxy groups -OCH3 is 1. The molecule has 4 rings (SSSR count). The molecule has 0 aliphatic rings. The molecule has 0 aliphatic heterocycles. The van der Waals surface area contributed by atoms with Crippen molar-refractivity contribution < 1.29 is 23.8 Å². The quantitative estimate of drug-likeness (QED) is 0.175. The summed E-state index contributed by atoms with van der Waals surface area (Å²) < 4.78 is 16.4. The minimum atomic E-state index is -0.433. The van der Waals surface area contributed by atoms with E-state index in [9.17, 15) is 9.59 Å². The summed E-state index contributed by atoms with van der Waals surface area (Å²) >= 11 is 0. The number of hydrogen-bond donors (Lipinski definition) is 0. The fourth-order valence-corrected chi connectivity index (χ4v) is 4.76. The monoisotopic (exact) mass is 536 g/mol. The van der Waals surface area contributed by atoms with Crippen LogP contribution in [0, 0.1) is 34.6 Å². The maximum Gasteiger partial charge on any atom is 0.343 e. The van der Waals surface area contributed by atoms with Crippen molar-refractivity contribution in [2.24, 2.45) is 0 Å². The number of carbonyl (C=O) groups is 2. The van der Waals surface area contributed by atoms with E-state index in [2.05, 4.69) is 58.9 Å². The van der Waals surface area contributed by atoms with Gasteiger partial charge in [0.25, 0.3) is 0 Å². The van der Waals surface area contributed by atoms with Crippen molar-refractivity contribution in [1.82, 2.24) is 0 Å². The molecular formula is C35H36O5. The van der Waals surface area contributed by atoms with Gasteiger partial charge in [-0.15, -0.1) is 0 Å². The van der Waals surface area contributed by atoms with Gasteiger partial charge < -0.3 is 14.2 Å². The van der Waals surface area contributed by atoms with Gasteiger partial charge in [-0.1, -0.05) is 38.1 Å². The number of carbonyl (C=O) groups excluding carboxylic acids is 2. The summed E-state index contributed by atoms with van der Waals surface area (Å²) in [7, 11) is 1.34. The van der Waals surface area contributed by atoms with Gasteiger partial charge >= 0.3 is 11.9 Å². The molecule has 40 heavy (non-hydrogen) atoms. The molecule has 0 saturated heterocycles. The van der Waals surface area contributed by atoms with Crippen molar-refractivity contribution in [1.29, 1.82) is 0 Å². The molecule has 0 bridgehead atoms. The summed E-state index contributed by atoms with van der Waals surface area (Å²) in [6.45, 7) is 14.9. The van der Waals surface area contributed by atoms with Gasteiger partial charge in [-0.3, -0.25) is 0 Å². The second kappa shape index (κ2) is 11.4. The molecule has 4 aromatic rings. The van der Waals surface area contributed by atoms with Crippen LogP contribution in [0.1, 0.15) is 73.5 Å². The molecule has 0 aromatic heterocycles. The van der Waals surface area contributed by atoms with Gasteiger partial charge in [0.15, 0.2) is 0 Å². The van der Waals surface area contributed by atoms with E-state index in [-0.39, 0.29) is 5.41 Å². The van der Waals surface area contributed by atoms with E-state index in [0.29, 0.717) is 28.4 Å². The molecule has 4 aromatic carbocycles. The second-order valence-electron chi connectivity index (χ2n) is 10.8. The van der Waals surface area contributed by atoms with Crippen LogP contribution >= 0.6 is 0 Å². The largest absolute Gasteiger partial charge is 0.465 e.